The lowest BCUT2D eigenvalue weighted by Crippen LogP contribution is -2.24. The van der Waals surface area contributed by atoms with Crippen LogP contribution >= 0.6 is 0 Å². The molecular formula is C14H14N2O2. The number of aryl methyl sites for hydroxylation is 2. The first-order valence-corrected chi connectivity index (χ1v) is 5.97. The smallest absolute Gasteiger partial charge is 0.414 e. The summed E-state index contributed by atoms with van der Waals surface area (Å²) in [7, 11) is 0. The Morgan fingerprint density at radius 2 is 2.11 bits per heavy atom. The molecular weight excluding hydrogens is 228 g/mol. The molecule has 2 aromatic rings. The molecule has 0 unspecified atom stereocenters. The summed E-state index contributed by atoms with van der Waals surface area (Å²) in [6.07, 6.45) is 1.54. The molecule has 4 nitrogen and oxygen atoms in total. The SMILES string of the molecule is Cc1cnc2c(C)cccc2c1N1CCOC1=O. The second kappa shape index (κ2) is 3.98. The Hall–Kier alpha value is -2.10. The number of hydrogen-bond acceptors (Lipinski definition) is 3. The van der Waals surface area contributed by atoms with Crippen LogP contribution < -0.4 is 4.90 Å². The Labute approximate surface area is 105 Å². The van der Waals surface area contributed by atoms with E-state index in [0.29, 0.717) is 13.2 Å². The second-order valence-corrected chi connectivity index (χ2v) is 4.53. The largest absolute Gasteiger partial charge is 0.447 e. The lowest BCUT2D eigenvalue weighted by molar-refractivity contribution is 0.181. The summed E-state index contributed by atoms with van der Waals surface area (Å²) in [5.41, 5.74) is 3.97. The Bertz CT molecular complexity index is 637. The molecule has 0 bridgehead atoms. The fourth-order valence-corrected chi connectivity index (χ4v) is 2.41. The number of fused-ring (bicyclic) bond motifs is 1. The van der Waals surface area contributed by atoms with Gasteiger partial charge >= 0.3 is 6.09 Å². The Morgan fingerprint density at radius 3 is 2.83 bits per heavy atom. The predicted molar refractivity (Wildman–Crippen MR) is 69.9 cm³/mol. The lowest BCUT2D eigenvalue weighted by atomic mass is 10.1. The molecule has 0 saturated carbocycles. The minimum atomic E-state index is -0.271. The highest BCUT2D eigenvalue weighted by Gasteiger charge is 2.26. The monoisotopic (exact) mass is 242 g/mol. The van der Waals surface area contributed by atoms with Gasteiger partial charge in [0.05, 0.1) is 17.7 Å². The van der Waals surface area contributed by atoms with Crippen LogP contribution in [-0.4, -0.2) is 24.2 Å². The molecule has 0 N–H and O–H groups in total. The van der Waals surface area contributed by atoms with E-state index in [9.17, 15) is 4.79 Å². The second-order valence-electron chi connectivity index (χ2n) is 4.53. The first-order chi connectivity index (χ1) is 8.68. The van der Waals surface area contributed by atoms with Crippen LogP contribution in [0.5, 0.6) is 0 Å². The number of aromatic nitrogens is 1. The first-order valence-electron chi connectivity index (χ1n) is 5.97. The quantitative estimate of drug-likeness (QED) is 0.772. The molecule has 2 heterocycles. The van der Waals surface area contributed by atoms with E-state index >= 15 is 0 Å². The predicted octanol–water partition coefficient (Wildman–Crippen LogP) is 2.81. The number of pyridine rings is 1. The number of ether oxygens (including phenoxy) is 1. The van der Waals surface area contributed by atoms with Crippen LogP contribution in [0.3, 0.4) is 0 Å². The van der Waals surface area contributed by atoms with Gasteiger partial charge in [-0.15, -0.1) is 0 Å². The number of para-hydroxylation sites is 1. The number of hydrogen-bond donors (Lipinski definition) is 0. The zero-order chi connectivity index (χ0) is 12.7. The van der Waals surface area contributed by atoms with Crippen molar-refractivity contribution in [1.29, 1.82) is 0 Å². The number of cyclic esters (lactones) is 1. The number of anilines is 1. The molecule has 92 valence electrons. The highest BCUT2D eigenvalue weighted by molar-refractivity contribution is 6.02. The molecule has 1 saturated heterocycles. The molecule has 1 aromatic heterocycles. The van der Waals surface area contributed by atoms with Crippen molar-refractivity contribution in [2.75, 3.05) is 18.1 Å². The van der Waals surface area contributed by atoms with Crippen LogP contribution in [0.4, 0.5) is 10.5 Å². The van der Waals surface area contributed by atoms with Crippen LogP contribution in [0.2, 0.25) is 0 Å². The first kappa shape index (κ1) is 11.0. The topological polar surface area (TPSA) is 42.4 Å². The summed E-state index contributed by atoms with van der Waals surface area (Å²) in [6.45, 7) is 5.05. The summed E-state index contributed by atoms with van der Waals surface area (Å²) in [4.78, 5) is 17.9. The van der Waals surface area contributed by atoms with Crippen molar-refractivity contribution in [3.8, 4) is 0 Å². The van der Waals surface area contributed by atoms with Gasteiger partial charge in [-0.2, -0.15) is 0 Å². The van der Waals surface area contributed by atoms with E-state index in [1.807, 2.05) is 38.2 Å². The van der Waals surface area contributed by atoms with Crippen molar-refractivity contribution < 1.29 is 9.53 Å². The van der Waals surface area contributed by atoms with Gasteiger partial charge in [-0.25, -0.2) is 4.79 Å². The molecule has 0 atom stereocenters. The maximum Gasteiger partial charge on any atom is 0.414 e. The van der Waals surface area contributed by atoms with Crippen molar-refractivity contribution in [2.24, 2.45) is 0 Å². The third-order valence-electron chi connectivity index (χ3n) is 3.28. The lowest BCUT2D eigenvalue weighted by Gasteiger charge is -2.18. The fraction of sp³-hybridized carbons (Fsp3) is 0.286. The molecule has 0 spiro atoms. The molecule has 1 aliphatic heterocycles. The molecule has 1 aromatic carbocycles. The van der Waals surface area contributed by atoms with Crippen LogP contribution in [-0.2, 0) is 4.74 Å². The van der Waals surface area contributed by atoms with Gasteiger partial charge < -0.3 is 4.74 Å². The van der Waals surface area contributed by atoms with Crippen molar-refractivity contribution in [3.05, 3.63) is 35.5 Å². The van der Waals surface area contributed by atoms with E-state index in [4.69, 9.17) is 4.74 Å². The zero-order valence-electron chi connectivity index (χ0n) is 10.4. The van der Waals surface area contributed by atoms with Gasteiger partial charge in [0, 0.05) is 11.6 Å². The van der Waals surface area contributed by atoms with E-state index in [0.717, 1.165) is 27.7 Å². The number of carbonyl (C=O) groups is 1. The van der Waals surface area contributed by atoms with Gasteiger partial charge in [0.25, 0.3) is 0 Å². The van der Waals surface area contributed by atoms with Gasteiger partial charge in [0.2, 0.25) is 0 Å². The van der Waals surface area contributed by atoms with E-state index in [-0.39, 0.29) is 6.09 Å². The molecule has 0 radical (unpaired) electrons. The summed E-state index contributed by atoms with van der Waals surface area (Å²) in [6, 6.07) is 6.02. The summed E-state index contributed by atoms with van der Waals surface area (Å²) in [5.74, 6) is 0. The molecule has 18 heavy (non-hydrogen) atoms. The van der Waals surface area contributed by atoms with Crippen molar-refractivity contribution in [1.82, 2.24) is 4.98 Å². The minimum Gasteiger partial charge on any atom is -0.447 e. The van der Waals surface area contributed by atoms with Gasteiger partial charge in [-0.05, 0) is 25.0 Å². The van der Waals surface area contributed by atoms with E-state index in [1.54, 1.807) is 4.90 Å². The van der Waals surface area contributed by atoms with Crippen molar-refractivity contribution in [3.63, 3.8) is 0 Å². The third kappa shape index (κ3) is 1.53. The highest BCUT2D eigenvalue weighted by Crippen LogP contribution is 2.32. The minimum absolute atomic E-state index is 0.271. The average molecular weight is 242 g/mol. The van der Waals surface area contributed by atoms with E-state index in [2.05, 4.69) is 4.98 Å². The van der Waals surface area contributed by atoms with Gasteiger partial charge in [0.1, 0.15) is 6.61 Å². The Morgan fingerprint density at radius 1 is 1.28 bits per heavy atom. The van der Waals surface area contributed by atoms with Crippen molar-refractivity contribution >= 4 is 22.7 Å². The maximum atomic E-state index is 11.7. The van der Waals surface area contributed by atoms with Crippen LogP contribution in [0.25, 0.3) is 10.9 Å². The maximum absolute atomic E-state index is 11.7. The van der Waals surface area contributed by atoms with Crippen LogP contribution in [0.1, 0.15) is 11.1 Å². The number of benzene rings is 1. The van der Waals surface area contributed by atoms with Gasteiger partial charge in [-0.1, -0.05) is 18.2 Å². The van der Waals surface area contributed by atoms with Crippen molar-refractivity contribution in [2.45, 2.75) is 13.8 Å². The average Bonchev–Trinajstić information content (AvgIpc) is 2.75. The molecule has 1 aliphatic rings. The van der Waals surface area contributed by atoms with E-state index in [1.165, 1.54) is 0 Å². The fourth-order valence-electron chi connectivity index (χ4n) is 2.41. The number of nitrogens with zero attached hydrogens (tertiary/aromatic N) is 2. The standard InChI is InChI=1S/C14H14N2O2/c1-9-4-3-5-11-12(9)15-8-10(2)13(11)16-6-7-18-14(16)17/h3-5,8H,6-7H2,1-2H3. The number of carbonyl (C=O) groups excluding carboxylic acids is 1. The molecule has 4 heteroatoms. The summed E-state index contributed by atoms with van der Waals surface area (Å²) in [5, 5.41) is 1.01. The Balaban J connectivity index is 2.30. The summed E-state index contributed by atoms with van der Waals surface area (Å²) >= 11 is 0. The van der Waals surface area contributed by atoms with Gasteiger partial charge in [-0.3, -0.25) is 9.88 Å². The molecule has 3 rings (SSSR count). The highest BCUT2D eigenvalue weighted by atomic mass is 16.6. The Kier molecular flexibility index (Phi) is 2.44. The van der Waals surface area contributed by atoms with Crippen LogP contribution in [0.15, 0.2) is 24.4 Å². The van der Waals surface area contributed by atoms with E-state index < -0.39 is 0 Å². The van der Waals surface area contributed by atoms with Gasteiger partial charge in [0.15, 0.2) is 0 Å². The number of amides is 1. The van der Waals surface area contributed by atoms with Crippen LogP contribution in [0, 0.1) is 13.8 Å². The zero-order valence-corrected chi connectivity index (χ0v) is 10.4. The number of rotatable bonds is 1. The summed E-state index contributed by atoms with van der Waals surface area (Å²) < 4.78 is 5.02. The molecule has 0 aliphatic carbocycles. The normalized spacial score (nSPS) is 15.2. The third-order valence-corrected chi connectivity index (χ3v) is 3.28. The molecule has 1 amide bonds. The molecule has 1 fully saturated rings.